The largest absolute Gasteiger partial charge is 0.489 e. The highest BCUT2D eigenvalue weighted by atomic mass is 35.5. The second-order valence-corrected chi connectivity index (χ2v) is 5.41. The van der Waals surface area contributed by atoms with Crippen molar-refractivity contribution in [2.45, 2.75) is 13.5 Å². The van der Waals surface area contributed by atoms with E-state index in [1.807, 2.05) is 41.9 Å². The van der Waals surface area contributed by atoms with Crippen molar-refractivity contribution in [2.24, 2.45) is 7.05 Å². The monoisotopic (exact) mass is 285 g/mol. The fourth-order valence-corrected chi connectivity index (χ4v) is 2.79. The van der Waals surface area contributed by atoms with Gasteiger partial charge in [-0.1, -0.05) is 35.9 Å². The Bertz CT molecular complexity index is 761. The van der Waals surface area contributed by atoms with Crippen LogP contribution in [0.1, 0.15) is 11.1 Å². The molecule has 3 aromatic rings. The van der Waals surface area contributed by atoms with Crippen molar-refractivity contribution >= 4 is 22.5 Å². The van der Waals surface area contributed by atoms with E-state index in [4.69, 9.17) is 16.3 Å². The van der Waals surface area contributed by atoms with Crippen LogP contribution < -0.4 is 4.74 Å². The average molecular weight is 286 g/mol. The quantitative estimate of drug-likeness (QED) is 0.679. The van der Waals surface area contributed by atoms with Gasteiger partial charge in [0.05, 0.1) is 10.5 Å². The lowest BCUT2D eigenvalue weighted by molar-refractivity contribution is 0.307. The Morgan fingerprint density at radius 2 is 1.95 bits per heavy atom. The number of halogens is 1. The molecule has 0 aliphatic rings. The molecule has 3 rings (SSSR count). The number of hydrogen-bond acceptors (Lipinski definition) is 1. The Morgan fingerprint density at radius 3 is 2.75 bits per heavy atom. The van der Waals surface area contributed by atoms with Gasteiger partial charge in [-0.15, -0.1) is 0 Å². The lowest BCUT2D eigenvalue weighted by atomic mass is 10.2. The first kappa shape index (κ1) is 13.1. The molecule has 0 bridgehead atoms. The van der Waals surface area contributed by atoms with E-state index in [0.717, 1.165) is 27.2 Å². The standard InChI is InChI=1S/C17H16ClNO/c1-12-5-3-6-14(9-12)20-11-13-10-19(2)17-15(13)7-4-8-16(17)18/h3-10H,11H2,1-2H3. The van der Waals surface area contributed by atoms with E-state index < -0.39 is 0 Å². The third kappa shape index (κ3) is 2.39. The van der Waals surface area contributed by atoms with E-state index in [0.29, 0.717) is 6.61 Å². The van der Waals surface area contributed by atoms with Gasteiger partial charge < -0.3 is 9.30 Å². The van der Waals surface area contributed by atoms with Crippen LogP contribution in [0, 0.1) is 6.92 Å². The lowest BCUT2D eigenvalue weighted by Crippen LogP contribution is -1.94. The molecule has 0 N–H and O–H groups in total. The van der Waals surface area contributed by atoms with Gasteiger partial charge in [-0.3, -0.25) is 0 Å². The predicted octanol–water partition coefficient (Wildman–Crippen LogP) is 4.72. The zero-order valence-corrected chi connectivity index (χ0v) is 12.3. The summed E-state index contributed by atoms with van der Waals surface area (Å²) in [5.74, 6) is 0.893. The van der Waals surface area contributed by atoms with Gasteiger partial charge in [-0.25, -0.2) is 0 Å². The minimum Gasteiger partial charge on any atom is -0.489 e. The van der Waals surface area contributed by atoms with Crippen LogP contribution in [0.4, 0.5) is 0 Å². The molecule has 0 atom stereocenters. The van der Waals surface area contributed by atoms with E-state index in [-0.39, 0.29) is 0 Å². The van der Waals surface area contributed by atoms with Gasteiger partial charge in [-0.2, -0.15) is 0 Å². The molecule has 0 unspecified atom stereocenters. The molecule has 2 nitrogen and oxygen atoms in total. The molecule has 1 aromatic heterocycles. The van der Waals surface area contributed by atoms with Crippen molar-refractivity contribution in [3.63, 3.8) is 0 Å². The van der Waals surface area contributed by atoms with Crippen molar-refractivity contribution in [2.75, 3.05) is 0 Å². The van der Waals surface area contributed by atoms with Gasteiger partial charge >= 0.3 is 0 Å². The van der Waals surface area contributed by atoms with E-state index in [1.54, 1.807) is 0 Å². The Balaban J connectivity index is 1.90. The molecule has 0 radical (unpaired) electrons. The molecule has 3 heteroatoms. The molecule has 0 fully saturated rings. The molecule has 0 saturated heterocycles. The molecule has 0 spiro atoms. The smallest absolute Gasteiger partial charge is 0.120 e. The minimum atomic E-state index is 0.543. The predicted molar refractivity (Wildman–Crippen MR) is 83.4 cm³/mol. The summed E-state index contributed by atoms with van der Waals surface area (Å²) < 4.78 is 7.93. The number of hydrogen-bond donors (Lipinski definition) is 0. The van der Waals surface area contributed by atoms with Gasteiger partial charge in [0.1, 0.15) is 12.4 Å². The van der Waals surface area contributed by atoms with Crippen molar-refractivity contribution in [1.82, 2.24) is 4.57 Å². The number of rotatable bonds is 3. The van der Waals surface area contributed by atoms with Crippen molar-refractivity contribution in [3.8, 4) is 5.75 Å². The highest BCUT2D eigenvalue weighted by Gasteiger charge is 2.09. The number of ether oxygens (including phenoxy) is 1. The first-order chi connectivity index (χ1) is 9.65. The molecular weight excluding hydrogens is 270 g/mol. The number of aryl methyl sites for hydroxylation is 2. The molecule has 2 aromatic carbocycles. The summed E-state index contributed by atoms with van der Waals surface area (Å²) in [7, 11) is 2.00. The van der Waals surface area contributed by atoms with Crippen LogP contribution in [0.5, 0.6) is 5.75 Å². The maximum Gasteiger partial charge on any atom is 0.120 e. The fraction of sp³-hybridized carbons (Fsp3) is 0.176. The number of nitrogens with zero attached hydrogens (tertiary/aromatic N) is 1. The molecule has 0 saturated carbocycles. The van der Waals surface area contributed by atoms with Crippen LogP contribution in [0.15, 0.2) is 48.7 Å². The molecular formula is C17H16ClNO. The van der Waals surface area contributed by atoms with Crippen LogP contribution >= 0.6 is 11.6 Å². The Labute approximate surface area is 123 Å². The second-order valence-electron chi connectivity index (χ2n) is 5.01. The first-order valence-electron chi connectivity index (χ1n) is 6.57. The van der Waals surface area contributed by atoms with E-state index in [2.05, 4.69) is 25.3 Å². The van der Waals surface area contributed by atoms with E-state index >= 15 is 0 Å². The summed E-state index contributed by atoms with van der Waals surface area (Å²) in [5.41, 5.74) is 3.40. The van der Waals surface area contributed by atoms with Crippen LogP contribution in [-0.4, -0.2) is 4.57 Å². The summed E-state index contributed by atoms with van der Waals surface area (Å²) in [5, 5.41) is 1.92. The number of aromatic nitrogens is 1. The molecule has 0 aliphatic heterocycles. The van der Waals surface area contributed by atoms with Crippen LogP contribution in [0.3, 0.4) is 0 Å². The summed E-state index contributed by atoms with van der Waals surface area (Å²) in [6, 6.07) is 14.0. The molecule has 0 aliphatic carbocycles. The van der Waals surface area contributed by atoms with Crippen molar-refractivity contribution < 1.29 is 4.74 Å². The Hall–Kier alpha value is -1.93. The molecule has 1 heterocycles. The number of benzene rings is 2. The molecule has 102 valence electrons. The summed E-state index contributed by atoms with van der Waals surface area (Å²) >= 11 is 6.25. The minimum absolute atomic E-state index is 0.543. The third-order valence-corrected chi connectivity index (χ3v) is 3.72. The third-order valence-electron chi connectivity index (χ3n) is 3.42. The Morgan fingerprint density at radius 1 is 1.15 bits per heavy atom. The van der Waals surface area contributed by atoms with Gasteiger partial charge in [0, 0.05) is 24.2 Å². The second kappa shape index (κ2) is 5.22. The average Bonchev–Trinajstić information content (AvgIpc) is 2.75. The topological polar surface area (TPSA) is 14.2 Å². The van der Waals surface area contributed by atoms with Gasteiger partial charge in [0.2, 0.25) is 0 Å². The Kier molecular flexibility index (Phi) is 3.41. The van der Waals surface area contributed by atoms with Crippen LogP contribution in [-0.2, 0) is 13.7 Å². The van der Waals surface area contributed by atoms with Gasteiger partial charge in [-0.05, 0) is 30.7 Å². The van der Waals surface area contributed by atoms with Crippen LogP contribution in [0.2, 0.25) is 5.02 Å². The first-order valence-corrected chi connectivity index (χ1v) is 6.95. The van der Waals surface area contributed by atoms with Crippen molar-refractivity contribution in [3.05, 3.63) is 64.8 Å². The molecule has 0 amide bonds. The van der Waals surface area contributed by atoms with Crippen molar-refractivity contribution in [1.29, 1.82) is 0 Å². The number of para-hydroxylation sites is 1. The van der Waals surface area contributed by atoms with Crippen LogP contribution in [0.25, 0.3) is 10.9 Å². The zero-order valence-electron chi connectivity index (χ0n) is 11.6. The normalized spacial score (nSPS) is 10.9. The molecule has 20 heavy (non-hydrogen) atoms. The SMILES string of the molecule is Cc1cccc(OCc2cn(C)c3c(Cl)cccc23)c1. The van der Waals surface area contributed by atoms with E-state index in [1.165, 1.54) is 5.56 Å². The number of fused-ring (bicyclic) bond motifs is 1. The van der Waals surface area contributed by atoms with Gasteiger partial charge in [0.25, 0.3) is 0 Å². The summed E-state index contributed by atoms with van der Waals surface area (Å²) in [4.78, 5) is 0. The lowest BCUT2D eigenvalue weighted by Gasteiger charge is -2.06. The fourth-order valence-electron chi connectivity index (χ4n) is 2.48. The summed E-state index contributed by atoms with van der Waals surface area (Å²) in [6.45, 7) is 2.60. The zero-order chi connectivity index (χ0) is 14.1. The highest BCUT2D eigenvalue weighted by Crippen LogP contribution is 2.28. The summed E-state index contributed by atoms with van der Waals surface area (Å²) in [6.07, 6.45) is 2.08. The van der Waals surface area contributed by atoms with Gasteiger partial charge in [0.15, 0.2) is 0 Å². The van der Waals surface area contributed by atoms with E-state index in [9.17, 15) is 0 Å². The maximum absolute atomic E-state index is 6.25. The highest BCUT2D eigenvalue weighted by molar-refractivity contribution is 6.35. The maximum atomic E-state index is 6.25.